The van der Waals surface area contributed by atoms with Crippen LogP contribution in [0, 0.1) is 0 Å². The summed E-state index contributed by atoms with van der Waals surface area (Å²) in [5, 5.41) is 9.31. The zero-order valence-corrected chi connectivity index (χ0v) is 22.0. The van der Waals surface area contributed by atoms with E-state index in [0.29, 0.717) is 0 Å². The van der Waals surface area contributed by atoms with Gasteiger partial charge in [-0.1, -0.05) is 91.0 Å². The third-order valence-corrected chi connectivity index (χ3v) is 8.23. The van der Waals surface area contributed by atoms with Gasteiger partial charge < -0.3 is 13.7 Å². The summed E-state index contributed by atoms with van der Waals surface area (Å²) in [5.41, 5.74) is 6.69. The monoisotopic (exact) mass is 525 g/mol. The van der Waals surface area contributed by atoms with Gasteiger partial charge in [-0.15, -0.1) is 0 Å². The van der Waals surface area contributed by atoms with E-state index in [9.17, 15) is 0 Å². The number of fused-ring (bicyclic) bond motifs is 9. The van der Waals surface area contributed by atoms with Crippen molar-refractivity contribution in [2.45, 2.75) is 0 Å². The minimum Gasteiger partial charge on any atom is -0.456 e. The normalized spacial score (nSPS) is 11.9. The van der Waals surface area contributed by atoms with E-state index in [2.05, 4.69) is 120 Å². The molecule has 2 aromatic heterocycles. The van der Waals surface area contributed by atoms with Gasteiger partial charge in [0.25, 0.3) is 0 Å². The maximum atomic E-state index is 6.33. The standard InChI is InChI=1S/C38H23NO2/c1-2-10-27-24(9-1)19-20-25-23-26(21-22-28(25)27)39(31-13-7-17-35-37(31)29-11-3-5-15-33(29)40-35)32-14-8-18-36-38(32)30-12-4-6-16-34(30)41-36/h1-23H. The van der Waals surface area contributed by atoms with Crippen molar-refractivity contribution in [3.8, 4) is 0 Å². The first-order valence-corrected chi connectivity index (χ1v) is 13.9. The molecule has 2 heterocycles. The van der Waals surface area contributed by atoms with Crippen LogP contribution in [-0.4, -0.2) is 0 Å². The minimum absolute atomic E-state index is 0.865. The number of anilines is 3. The number of benzene rings is 7. The fourth-order valence-electron chi connectivity index (χ4n) is 6.43. The molecule has 0 aliphatic rings. The summed E-state index contributed by atoms with van der Waals surface area (Å²) < 4.78 is 12.7. The van der Waals surface area contributed by atoms with E-state index in [0.717, 1.165) is 60.9 Å². The lowest BCUT2D eigenvalue weighted by molar-refractivity contribution is 0.668. The van der Waals surface area contributed by atoms with Crippen molar-refractivity contribution in [1.82, 2.24) is 0 Å². The third kappa shape index (κ3) is 3.26. The number of hydrogen-bond acceptors (Lipinski definition) is 3. The Labute approximate surface area is 235 Å². The number of hydrogen-bond donors (Lipinski definition) is 0. The molecule has 3 heteroatoms. The van der Waals surface area contributed by atoms with Gasteiger partial charge in [-0.3, -0.25) is 0 Å². The highest BCUT2D eigenvalue weighted by Crippen LogP contribution is 2.47. The van der Waals surface area contributed by atoms with Crippen molar-refractivity contribution in [3.05, 3.63) is 140 Å². The molecule has 9 rings (SSSR count). The average Bonchev–Trinajstić information content (AvgIpc) is 3.60. The first-order valence-electron chi connectivity index (χ1n) is 13.9. The molecule has 41 heavy (non-hydrogen) atoms. The number of para-hydroxylation sites is 2. The Hall–Kier alpha value is -5.54. The molecule has 192 valence electrons. The van der Waals surface area contributed by atoms with E-state index in [1.165, 1.54) is 21.5 Å². The Bertz CT molecular complexity index is 2330. The maximum Gasteiger partial charge on any atom is 0.137 e. The second-order valence-electron chi connectivity index (χ2n) is 10.5. The molecule has 0 radical (unpaired) electrons. The predicted molar refractivity (Wildman–Crippen MR) is 171 cm³/mol. The van der Waals surface area contributed by atoms with E-state index < -0.39 is 0 Å². The molecule has 0 bridgehead atoms. The van der Waals surface area contributed by atoms with Gasteiger partial charge in [-0.25, -0.2) is 0 Å². The van der Waals surface area contributed by atoms with Gasteiger partial charge in [-0.05, 0) is 70.1 Å². The largest absolute Gasteiger partial charge is 0.456 e. The topological polar surface area (TPSA) is 29.5 Å². The van der Waals surface area contributed by atoms with Crippen molar-refractivity contribution in [2.75, 3.05) is 4.90 Å². The summed E-state index contributed by atoms with van der Waals surface area (Å²) in [4.78, 5) is 2.36. The quantitative estimate of drug-likeness (QED) is 0.215. The second kappa shape index (κ2) is 8.48. The van der Waals surface area contributed by atoms with Crippen molar-refractivity contribution in [2.24, 2.45) is 0 Å². The van der Waals surface area contributed by atoms with Gasteiger partial charge in [0.05, 0.1) is 22.1 Å². The molecule has 0 N–H and O–H groups in total. The van der Waals surface area contributed by atoms with Crippen LogP contribution in [-0.2, 0) is 0 Å². The molecule has 0 unspecified atom stereocenters. The fraction of sp³-hybridized carbons (Fsp3) is 0. The molecule has 0 saturated heterocycles. The number of furan rings is 2. The van der Waals surface area contributed by atoms with Crippen molar-refractivity contribution >= 4 is 82.5 Å². The zero-order chi connectivity index (χ0) is 26.9. The van der Waals surface area contributed by atoms with Crippen molar-refractivity contribution < 1.29 is 8.83 Å². The lowest BCUT2D eigenvalue weighted by Gasteiger charge is -2.27. The Morgan fingerprint density at radius 2 is 0.878 bits per heavy atom. The molecule has 0 aliphatic carbocycles. The number of nitrogens with zero attached hydrogens (tertiary/aromatic N) is 1. The molecule has 0 aliphatic heterocycles. The Morgan fingerprint density at radius 1 is 0.366 bits per heavy atom. The molecular formula is C38H23NO2. The SMILES string of the molecule is c1ccc2c(c1)ccc1cc(N(c3cccc4oc5ccccc5c34)c3cccc4oc5ccccc5c34)ccc12. The van der Waals surface area contributed by atoms with Crippen LogP contribution in [0.4, 0.5) is 17.1 Å². The molecule has 7 aromatic carbocycles. The lowest BCUT2D eigenvalue weighted by Crippen LogP contribution is -2.10. The molecule has 9 aromatic rings. The summed E-state index contributed by atoms with van der Waals surface area (Å²) in [5.74, 6) is 0. The van der Waals surface area contributed by atoms with Crippen LogP contribution < -0.4 is 4.90 Å². The van der Waals surface area contributed by atoms with Gasteiger partial charge in [0, 0.05) is 16.5 Å². The second-order valence-corrected chi connectivity index (χ2v) is 10.5. The highest BCUT2D eigenvalue weighted by atomic mass is 16.3. The first-order chi connectivity index (χ1) is 20.3. The fourth-order valence-corrected chi connectivity index (χ4v) is 6.43. The summed E-state index contributed by atoms with van der Waals surface area (Å²) >= 11 is 0. The van der Waals surface area contributed by atoms with E-state index in [4.69, 9.17) is 8.83 Å². The third-order valence-electron chi connectivity index (χ3n) is 8.23. The van der Waals surface area contributed by atoms with Gasteiger partial charge >= 0.3 is 0 Å². The van der Waals surface area contributed by atoms with Crippen molar-refractivity contribution in [1.29, 1.82) is 0 Å². The smallest absolute Gasteiger partial charge is 0.137 e. The highest BCUT2D eigenvalue weighted by molar-refractivity contribution is 6.18. The van der Waals surface area contributed by atoms with Crippen LogP contribution in [0.25, 0.3) is 65.4 Å². The van der Waals surface area contributed by atoms with Crippen molar-refractivity contribution in [3.63, 3.8) is 0 Å². The first kappa shape index (κ1) is 22.3. The van der Waals surface area contributed by atoms with Crippen LogP contribution in [0.3, 0.4) is 0 Å². The molecule has 3 nitrogen and oxygen atoms in total. The Balaban J connectivity index is 1.40. The van der Waals surface area contributed by atoms with Crippen LogP contribution in [0.15, 0.2) is 148 Å². The molecule has 0 spiro atoms. The van der Waals surface area contributed by atoms with Crippen LogP contribution in [0.5, 0.6) is 0 Å². The van der Waals surface area contributed by atoms with Gasteiger partial charge in [0.1, 0.15) is 22.3 Å². The summed E-state index contributed by atoms with van der Waals surface area (Å²) in [6.45, 7) is 0. The maximum absolute atomic E-state index is 6.33. The van der Waals surface area contributed by atoms with E-state index in [1.807, 2.05) is 24.3 Å². The molecule has 0 fully saturated rings. The summed E-state index contributed by atoms with van der Waals surface area (Å²) in [6.07, 6.45) is 0. The van der Waals surface area contributed by atoms with Gasteiger partial charge in [0.2, 0.25) is 0 Å². The minimum atomic E-state index is 0.865. The van der Waals surface area contributed by atoms with Gasteiger partial charge in [-0.2, -0.15) is 0 Å². The van der Waals surface area contributed by atoms with Crippen LogP contribution in [0.1, 0.15) is 0 Å². The molecule has 0 atom stereocenters. The average molecular weight is 526 g/mol. The van der Waals surface area contributed by atoms with Crippen LogP contribution >= 0.6 is 0 Å². The Kier molecular flexibility index (Phi) is 4.61. The molecule has 0 saturated carbocycles. The predicted octanol–water partition coefficient (Wildman–Crippen LogP) is 11.3. The lowest BCUT2D eigenvalue weighted by atomic mass is 10.0. The highest BCUT2D eigenvalue weighted by Gasteiger charge is 2.23. The van der Waals surface area contributed by atoms with E-state index in [1.54, 1.807) is 0 Å². The zero-order valence-electron chi connectivity index (χ0n) is 22.0. The summed E-state index contributed by atoms with van der Waals surface area (Å²) in [7, 11) is 0. The number of rotatable bonds is 3. The van der Waals surface area contributed by atoms with E-state index in [-0.39, 0.29) is 0 Å². The molecule has 0 amide bonds. The molecular weight excluding hydrogens is 502 g/mol. The van der Waals surface area contributed by atoms with Gasteiger partial charge in [0.15, 0.2) is 0 Å². The Morgan fingerprint density at radius 3 is 1.54 bits per heavy atom. The van der Waals surface area contributed by atoms with E-state index >= 15 is 0 Å². The van der Waals surface area contributed by atoms with Crippen LogP contribution in [0.2, 0.25) is 0 Å². The summed E-state index contributed by atoms with van der Waals surface area (Å²) in [6, 6.07) is 49.0.